The zero-order valence-corrected chi connectivity index (χ0v) is 29.8. The van der Waals surface area contributed by atoms with Gasteiger partial charge < -0.3 is 14.4 Å². The number of para-hydroxylation sites is 5. The predicted molar refractivity (Wildman–Crippen MR) is 221 cm³/mol. The first-order valence-corrected chi connectivity index (χ1v) is 19.4. The topological polar surface area (TPSA) is 11.4 Å². The van der Waals surface area contributed by atoms with Gasteiger partial charge in [0.15, 0.2) is 0 Å². The summed E-state index contributed by atoms with van der Waals surface area (Å²) in [6, 6.07) is 64.2. The minimum absolute atomic E-state index is 0.688. The first-order chi connectivity index (χ1) is 25.8. The van der Waals surface area contributed by atoms with Gasteiger partial charge in [0, 0.05) is 55.0 Å². The number of rotatable bonds is 7. The molecular formula is C48H39N3S. The third-order valence-corrected chi connectivity index (χ3v) is 12.4. The van der Waals surface area contributed by atoms with Crippen molar-refractivity contribution >= 4 is 67.7 Å². The highest BCUT2D eigenvalue weighted by Gasteiger charge is 2.35. The smallest absolute Gasteiger partial charge is 0.0784 e. The quantitative estimate of drug-likeness (QED) is 0.165. The summed E-state index contributed by atoms with van der Waals surface area (Å²) < 4.78 is 2.53. The van der Waals surface area contributed by atoms with Gasteiger partial charge in [-0.3, -0.25) is 0 Å². The van der Waals surface area contributed by atoms with Crippen LogP contribution in [-0.2, 0) is 0 Å². The zero-order chi connectivity index (χ0) is 34.4. The lowest BCUT2D eigenvalue weighted by Gasteiger charge is -2.30. The Morgan fingerprint density at radius 3 is 1.67 bits per heavy atom. The average molecular weight is 690 g/mol. The minimum atomic E-state index is 0.688. The molecule has 0 amide bonds. The van der Waals surface area contributed by atoms with Crippen LogP contribution in [0, 0.1) is 0 Å². The van der Waals surface area contributed by atoms with E-state index in [1.807, 2.05) is 0 Å². The summed E-state index contributed by atoms with van der Waals surface area (Å²) in [5.41, 5.74) is 11.9. The van der Waals surface area contributed by atoms with E-state index in [0.29, 0.717) is 11.2 Å². The Morgan fingerprint density at radius 2 is 1.04 bits per heavy atom. The van der Waals surface area contributed by atoms with Crippen molar-refractivity contribution in [2.24, 2.45) is 0 Å². The average Bonchev–Trinajstić information content (AvgIpc) is 3.75. The van der Waals surface area contributed by atoms with Gasteiger partial charge in [-0.05, 0) is 103 Å². The van der Waals surface area contributed by atoms with E-state index in [4.69, 9.17) is 0 Å². The fourth-order valence-electron chi connectivity index (χ4n) is 8.64. The summed E-state index contributed by atoms with van der Waals surface area (Å²) in [6.07, 6.45) is 5.34. The Labute approximate surface area is 309 Å². The molecule has 1 fully saturated rings. The number of anilines is 6. The van der Waals surface area contributed by atoms with Crippen LogP contribution >= 0.6 is 11.8 Å². The molecule has 1 aliphatic carbocycles. The van der Waals surface area contributed by atoms with Gasteiger partial charge >= 0.3 is 0 Å². The Kier molecular flexibility index (Phi) is 7.84. The van der Waals surface area contributed by atoms with Gasteiger partial charge in [0.2, 0.25) is 0 Å². The van der Waals surface area contributed by atoms with Crippen LogP contribution in [0.3, 0.4) is 0 Å². The number of hydrogen-bond donors (Lipinski definition) is 0. The molecule has 0 spiro atoms. The molecular weight excluding hydrogens is 651 g/mol. The highest BCUT2D eigenvalue weighted by Crippen LogP contribution is 2.53. The third-order valence-electron chi connectivity index (χ3n) is 10.9. The van der Waals surface area contributed by atoms with Gasteiger partial charge in [-0.15, -0.1) is 11.8 Å². The zero-order valence-electron chi connectivity index (χ0n) is 29.0. The first-order valence-electron chi connectivity index (χ1n) is 18.5. The fourth-order valence-corrected chi connectivity index (χ4v) is 10.2. The Morgan fingerprint density at radius 1 is 0.481 bits per heavy atom. The van der Waals surface area contributed by atoms with Crippen LogP contribution in [0.25, 0.3) is 27.5 Å². The standard InChI is InChI=1S/C48H39N3S/c1-5-17-34(18-6-1)49(35-19-7-2-8-20-35)39-31-43-40-25-13-15-27-44(40)51(38-29-30-42-41-26-14-16-28-46(41)52-47(42)33-38)48(43)45(32-39)50(36-21-9-3-10-22-36)37-23-11-4-12-24-37/h1-13,15,17-25,27,29-33,41,46H,14,16,26,28H2. The molecule has 8 aromatic rings. The van der Waals surface area contributed by atoms with Crippen molar-refractivity contribution in [1.82, 2.24) is 4.57 Å². The van der Waals surface area contributed by atoms with Gasteiger partial charge in [0.1, 0.15) is 0 Å². The molecule has 10 rings (SSSR count). The summed E-state index contributed by atoms with van der Waals surface area (Å²) in [7, 11) is 0. The van der Waals surface area contributed by atoms with E-state index >= 15 is 0 Å². The molecule has 4 heteroatoms. The molecule has 3 nitrogen and oxygen atoms in total. The molecule has 0 N–H and O–H groups in total. The second kappa shape index (κ2) is 13.1. The van der Waals surface area contributed by atoms with E-state index in [1.54, 1.807) is 5.56 Å². The number of benzene rings is 7. The van der Waals surface area contributed by atoms with Crippen molar-refractivity contribution in [3.63, 3.8) is 0 Å². The number of aromatic nitrogens is 1. The molecule has 1 aliphatic heterocycles. The molecule has 2 atom stereocenters. The maximum absolute atomic E-state index is 2.53. The van der Waals surface area contributed by atoms with E-state index in [-0.39, 0.29) is 0 Å². The van der Waals surface area contributed by atoms with Crippen molar-refractivity contribution < 1.29 is 0 Å². The summed E-state index contributed by atoms with van der Waals surface area (Å²) in [6.45, 7) is 0. The summed E-state index contributed by atoms with van der Waals surface area (Å²) in [4.78, 5) is 6.28. The second-order valence-corrected chi connectivity index (χ2v) is 15.3. The van der Waals surface area contributed by atoms with Crippen LogP contribution in [-0.4, -0.2) is 9.82 Å². The minimum Gasteiger partial charge on any atom is -0.310 e. The Bertz CT molecular complexity index is 2430. The van der Waals surface area contributed by atoms with Gasteiger partial charge in [0.05, 0.1) is 16.7 Å². The van der Waals surface area contributed by atoms with E-state index in [9.17, 15) is 0 Å². The molecule has 2 heterocycles. The largest absolute Gasteiger partial charge is 0.310 e. The van der Waals surface area contributed by atoms with Gasteiger partial charge in [-0.25, -0.2) is 0 Å². The van der Waals surface area contributed by atoms with Crippen molar-refractivity contribution in [2.45, 2.75) is 41.7 Å². The lowest BCUT2D eigenvalue weighted by molar-refractivity contribution is 0.461. The number of nitrogens with zero attached hydrogens (tertiary/aromatic N) is 3. The Balaban J connectivity index is 1.30. The van der Waals surface area contributed by atoms with E-state index < -0.39 is 0 Å². The van der Waals surface area contributed by atoms with Crippen molar-refractivity contribution in [2.75, 3.05) is 9.80 Å². The maximum Gasteiger partial charge on any atom is 0.0784 e. The van der Waals surface area contributed by atoms with Crippen LogP contribution < -0.4 is 9.80 Å². The first kappa shape index (κ1) is 31.1. The van der Waals surface area contributed by atoms with Gasteiger partial charge in [-0.2, -0.15) is 0 Å². The van der Waals surface area contributed by atoms with Crippen LogP contribution in [0.4, 0.5) is 34.1 Å². The Hall–Kier alpha value is -5.71. The number of thioether (sulfide) groups is 1. The monoisotopic (exact) mass is 689 g/mol. The molecule has 52 heavy (non-hydrogen) atoms. The van der Waals surface area contributed by atoms with Gasteiger partial charge in [-0.1, -0.05) is 110 Å². The van der Waals surface area contributed by atoms with Crippen LogP contribution in [0.2, 0.25) is 0 Å². The van der Waals surface area contributed by atoms with Crippen molar-refractivity contribution in [3.05, 3.63) is 181 Å². The number of fused-ring (bicyclic) bond motifs is 6. The summed E-state index contributed by atoms with van der Waals surface area (Å²) in [5, 5.41) is 3.17. The van der Waals surface area contributed by atoms with E-state index in [1.165, 1.54) is 58.1 Å². The molecule has 252 valence electrons. The van der Waals surface area contributed by atoms with Crippen molar-refractivity contribution in [1.29, 1.82) is 0 Å². The molecule has 7 aromatic carbocycles. The van der Waals surface area contributed by atoms with Crippen LogP contribution in [0.5, 0.6) is 0 Å². The lowest BCUT2D eigenvalue weighted by atomic mass is 9.84. The third kappa shape index (κ3) is 5.29. The van der Waals surface area contributed by atoms with Crippen molar-refractivity contribution in [3.8, 4) is 5.69 Å². The fraction of sp³-hybridized carbons (Fsp3) is 0.125. The lowest BCUT2D eigenvalue weighted by Crippen LogP contribution is -2.15. The molecule has 2 unspecified atom stereocenters. The highest BCUT2D eigenvalue weighted by atomic mass is 32.2. The molecule has 2 aliphatic rings. The van der Waals surface area contributed by atoms with E-state index in [0.717, 1.165) is 34.1 Å². The normalized spacial score (nSPS) is 16.5. The SMILES string of the molecule is c1ccc(N(c2ccccc2)c2cc(N(c3ccccc3)c3ccccc3)c3c(c2)c2ccccc2n3-c2ccc3c(c2)SC2CCCCC32)cc1. The van der Waals surface area contributed by atoms with Crippen LogP contribution in [0.1, 0.15) is 37.2 Å². The highest BCUT2D eigenvalue weighted by molar-refractivity contribution is 8.00. The maximum atomic E-state index is 2.53. The molecule has 1 saturated carbocycles. The summed E-state index contributed by atoms with van der Waals surface area (Å²) >= 11 is 2.12. The molecule has 0 saturated heterocycles. The van der Waals surface area contributed by atoms with E-state index in [2.05, 4.69) is 202 Å². The predicted octanol–water partition coefficient (Wildman–Crippen LogP) is 13.9. The molecule has 0 radical (unpaired) electrons. The molecule has 0 bridgehead atoms. The van der Waals surface area contributed by atoms with Gasteiger partial charge in [0.25, 0.3) is 0 Å². The van der Waals surface area contributed by atoms with Crippen LogP contribution in [0.15, 0.2) is 181 Å². The number of hydrogen-bond acceptors (Lipinski definition) is 3. The summed E-state index contributed by atoms with van der Waals surface area (Å²) in [5.74, 6) is 0.688. The molecule has 1 aromatic heterocycles. The second-order valence-electron chi connectivity index (χ2n) is 14.0.